The molecule has 0 aromatic heterocycles. The van der Waals surface area contributed by atoms with E-state index in [4.69, 9.17) is 18.0 Å². The van der Waals surface area contributed by atoms with Crippen LogP contribution >= 0.6 is 12.2 Å². The summed E-state index contributed by atoms with van der Waals surface area (Å²) in [5, 5.41) is 9.20. The minimum absolute atomic E-state index is 0.0110. The number of nitrogens with zero attached hydrogens (tertiary/aromatic N) is 1. The second-order valence-corrected chi connectivity index (χ2v) is 6.17. The monoisotopic (exact) mass is 300 g/mol. The number of rotatable bonds is 7. The number of aliphatic hydroxyl groups excluding tert-OH is 1. The molecule has 0 atom stereocenters. The van der Waals surface area contributed by atoms with Gasteiger partial charge in [0, 0.05) is 13.1 Å². The van der Waals surface area contributed by atoms with E-state index < -0.39 is 5.41 Å². The molecule has 0 aromatic rings. The largest absolute Gasteiger partial charge is 0.395 e. The van der Waals surface area contributed by atoms with Crippen molar-refractivity contribution < 1.29 is 9.90 Å². The van der Waals surface area contributed by atoms with Crippen molar-refractivity contribution in [2.24, 2.45) is 11.1 Å². The van der Waals surface area contributed by atoms with Gasteiger partial charge in [-0.05, 0) is 19.3 Å². The summed E-state index contributed by atoms with van der Waals surface area (Å²) in [7, 11) is 0. The first kappa shape index (κ1) is 17.4. The first-order chi connectivity index (χ1) is 9.58. The maximum Gasteiger partial charge on any atom is 0.235 e. The van der Waals surface area contributed by atoms with E-state index in [1.807, 2.05) is 0 Å². The maximum absolute atomic E-state index is 13.0. The highest BCUT2D eigenvalue weighted by atomic mass is 32.1. The molecule has 1 amide bonds. The molecule has 1 aliphatic carbocycles. The lowest BCUT2D eigenvalue weighted by atomic mass is 9.78. The molecule has 116 valence electrons. The number of carbonyl (C=O) groups is 1. The van der Waals surface area contributed by atoms with Crippen molar-refractivity contribution in [3.8, 4) is 0 Å². The normalized spacial score (nSPS) is 18.3. The molecule has 0 aliphatic heterocycles. The van der Waals surface area contributed by atoms with E-state index in [2.05, 4.69) is 6.92 Å². The Bertz CT molecular complexity index is 326. The molecule has 1 rings (SSSR count). The molecule has 5 heteroatoms. The molecule has 3 N–H and O–H groups in total. The maximum atomic E-state index is 13.0. The fourth-order valence-corrected chi connectivity index (χ4v) is 3.28. The third-order valence-corrected chi connectivity index (χ3v) is 4.67. The fraction of sp³-hybridized carbons (Fsp3) is 0.867. The molecule has 0 heterocycles. The van der Waals surface area contributed by atoms with Gasteiger partial charge in [0.05, 0.1) is 17.0 Å². The number of carbonyl (C=O) groups excluding carboxylic acids is 1. The topological polar surface area (TPSA) is 66.6 Å². The predicted octanol–water partition coefficient (Wildman–Crippen LogP) is 2.23. The van der Waals surface area contributed by atoms with Crippen molar-refractivity contribution in [3.05, 3.63) is 0 Å². The van der Waals surface area contributed by atoms with Crippen LogP contribution in [0.25, 0.3) is 0 Å². The van der Waals surface area contributed by atoms with E-state index >= 15 is 0 Å². The minimum Gasteiger partial charge on any atom is -0.395 e. The van der Waals surface area contributed by atoms with Crippen molar-refractivity contribution >= 4 is 23.1 Å². The highest BCUT2D eigenvalue weighted by Crippen LogP contribution is 2.37. The van der Waals surface area contributed by atoms with Gasteiger partial charge in [0.25, 0.3) is 0 Å². The van der Waals surface area contributed by atoms with Gasteiger partial charge >= 0.3 is 0 Å². The first-order valence-corrected chi connectivity index (χ1v) is 8.19. The summed E-state index contributed by atoms with van der Waals surface area (Å²) in [6.45, 7) is 3.14. The lowest BCUT2D eigenvalue weighted by Gasteiger charge is -2.36. The Morgan fingerprint density at radius 1 is 1.25 bits per heavy atom. The summed E-state index contributed by atoms with van der Waals surface area (Å²) >= 11 is 5.25. The number of amides is 1. The summed E-state index contributed by atoms with van der Waals surface area (Å²) in [6.07, 6.45) is 7.78. The zero-order valence-corrected chi connectivity index (χ0v) is 13.4. The predicted molar refractivity (Wildman–Crippen MR) is 85.5 cm³/mol. The van der Waals surface area contributed by atoms with Crippen molar-refractivity contribution in [2.75, 3.05) is 19.7 Å². The van der Waals surface area contributed by atoms with Gasteiger partial charge in [-0.25, -0.2) is 0 Å². The van der Waals surface area contributed by atoms with E-state index in [1.54, 1.807) is 4.90 Å². The second-order valence-electron chi connectivity index (χ2n) is 5.73. The van der Waals surface area contributed by atoms with Crippen molar-refractivity contribution in [1.82, 2.24) is 4.90 Å². The molecule has 1 saturated carbocycles. The Hall–Kier alpha value is -0.680. The number of hydrogen-bond donors (Lipinski definition) is 2. The van der Waals surface area contributed by atoms with Crippen LogP contribution in [-0.2, 0) is 4.79 Å². The molecule has 1 aliphatic rings. The standard InChI is InChI=1S/C15H28N2O2S/c1-2-3-10-17(11-12-18)14(19)15(13(16)20)8-6-4-5-7-9-15/h18H,2-12H2,1H3,(H2,16,20). The SMILES string of the molecule is CCCCN(CCO)C(=O)C1(C(N)=S)CCCCCC1. The van der Waals surface area contributed by atoms with Gasteiger partial charge in [-0.15, -0.1) is 0 Å². The number of hydrogen-bond acceptors (Lipinski definition) is 3. The summed E-state index contributed by atoms with van der Waals surface area (Å²) in [4.78, 5) is 15.1. The van der Waals surface area contributed by atoms with E-state index in [-0.39, 0.29) is 12.5 Å². The Balaban J connectivity index is 2.91. The summed E-state index contributed by atoms with van der Waals surface area (Å²) < 4.78 is 0. The van der Waals surface area contributed by atoms with E-state index in [0.29, 0.717) is 18.1 Å². The molecular formula is C15H28N2O2S. The molecular weight excluding hydrogens is 272 g/mol. The highest BCUT2D eigenvalue weighted by Gasteiger charge is 2.43. The van der Waals surface area contributed by atoms with Crippen molar-refractivity contribution in [1.29, 1.82) is 0 Å². The van der Waals surface area contributed by atoms with Gasteiger partial charge in [0.2, 0.25) is 5.91 Å². The third kappa shape index (κ3) is 4.16. The van der Waals surface area contributed by atoms with E-state index in [9.17, 15) is 9.90 Å². The second kappa shape index (κ2) is 8.57. The average molecular weight is 300 g/mol. The van der Waals surface area contributed by atoms with Gasteiger partial charge < -0.3 is 15.7 Å². The molecule has 0 aromatic carbocycles. The zero-order chi connectivity index (χ0) is 15.0. The first-order valence-electron chi connectivity index (χ1n) is 7.78. The van der Waals surface area contributed by atoms with Gasteiger partial charge in [-0.3, -0.25) is 4.79 Å². The summed E-state index contributed by atoms with van der Waals surface area (Å²) in [5.74, 6) is 0.0365. The molecule has 4 nitrogen and oxygen atoms in total. The van der Waals surface area contributed by atoms with Crippen LogP contribution in [0, 0.1) is 5.41 Å². The lowest BCUT2D eigenvalue weighted by molar-refractivity contribution is -0.139. The van der Waals surface area contributed by atoms with Crippen LogP contribution in [0.15, 0.2) is 0 Å². The van der Waals surface area contributed by atoms with Gasteiger partial charge in [-0.2, -0.15) is 0 Å². The van der Waals surface area contributed by atoms with Gasteiger partial charge in [-0.1, -0.05) is 51.2 Å². The smallest absolute Gasteiger partial charge is 0.235 e. The molecule has 0 radical (unpaired) electrons. The zero-order valence-electron chi connectivity index (χ0n) is 12.6. The van der Waals surface area contributed by atoms with Crippen molar-refractivity contribution in [3.63, 3.8) is 0 Å². The number of nitrogens with two attached hydrogens (primary N) is 1. The van der Waals surface area contributed by atoms with Crippen LogP contribution in [0.5, 0.6) is 0 Å². The third-order valence-electron chi connectivity index (χ3n) is 4.28. The fourth-order valence-electron chi connectivity index (χ4n) is 2.99. The average Bonchev–Trinajstić information content (AvgIpc) is 2.69. The van der Waals surface area contributed by atoms with Crippen LogP contribution in [0.1, 0.15) is 58.3 Å². The quantitative estimate of drug-likeness (QED) is 0.559. The molecule has 0 saturated heterocycles. The van der Waals surface area contributed by atoms with Crippen LogP contribution < -0.4 is 5.73 Å². The molecule has 0 bridgehead atoms. The van der Waals surface area contributed by atoms with Crippen LogP contribution in [0.2, 0.25) is 0 Å². The van der Waals surface area contributed by atoms with Gasteiger partial charge in [0.15, 0.2) is 0 Å². The van der Waals surface area contributed by atoms with Crippen molar-refractivity contribution in [2.45, 2.75) is 58.3 Å². The van der Waals surface area contributed by atoms with E-state index in [0.717, 1.165) is 51.4 Å². The molecule has 20 heavy (non-hydrogen) atoms. The van der Waals surface area contributed by atoms with Gasteiger partial charge in [0.1, 0.15) is 0 Å². The van der Waals surface area contributed by atoms with Crippen LogP contribution in [0.4, 0.5) is 0 Å². The number of thiocarbonyl (C=S) groups is 1. The Labute approximate surface area is 127 Å². The molecule has 0 spiro atoms. The lowest BCUT2D eigenvalue weighted by Crippen LogP contribution is -2.51. The minimum atomic E-state index is -0.672. The Morgan fingerprint density at radius 2 is 1.85 bits per heavy atom. The summed E-state index contributed by atoms with van der Waals surface area (Å²) in [5.41, 5.74) is 5.28. The Kier molecular flexibility index (Phi) is 7.45. The highest BCUT2D eigenvalue weighted by molar-refractivity contribution is 7.80. The van der Waals surface area contributed by atoms with Crippen LogP contribution in [0.3, 0.4) is 0 Å². The van der Waals surface area contributed by atoms with Crippen LogP contribution in [-0.4, -0.2) is 40.6 Å². The number of unbranched alkanes of at least 4 members (excludes halogenated alkanes) is 1. The Morgan fingerprint density at radius 3 is 2.30 bits per heavy atom. The van der Waals surface area contributed by atoms with E-state index in [1.165, 1.54) is 0 Å². The summed E-state index contributed by atoms with van der Waals surface area (Å²) in [6, 6.07) is 0. The molecule has 0 unspecified atom stereocenters. The number of aliphatic hydroxyl groups is 1. The molecule has 1 fully saturated rings.